The Hall–Kier alpha value is -2.99. The molecule has 3 N–H and O–H groups in total. The zero-order valence-corrected chi connectivity index (χ0v) is 14.7. The van der Waals surface area contributed by atoms with Crippen molar-refractivity contribution in [3.63, 3.8) is 0 Å². The first-order valence-corrected chi connectivity index (χ1v) is 8.41. The summed E-state index contributed by atoms with van der Waals surface area (Å²) in [5.74, 6) is 0. The molecule has 0 bridgehead atoms. The number of hydrogen-bond acceptors (Lipinski definition) is 3. The molecule has 1 aromatic heterocycles. The van der Waals surface area contributed by atoms with Crippen LogP contribution in [0.1, 0.15) is 18.1 Å². The van der Waals surface area contributed by atoms with Crippen molar-refractivity contribution in [2.45, 2.75) is 13.3 Å². The molecule has 5 nitrogen and oxygen atoms in total. The summed E-state index contributed by atoms with van der Waals surface area (Å²) in [4.78, 5) is 0. The summed E-state index contributed by atoms with van der Waals surface area (Å²) in [7, 11) is 0. The highest BCUT2D eigenvalue weighted by Gasteiger charge is 2.11. The first-order valence-electron chi connectivity index (χ1n) is 8.00. The number of aromatic nitrogens is 2. The molecule has 0 aliphatic rings. The average Bonchev–Trinajstić information content (AvgIpc) is 3.06. The highest BCUT2D eigenvalue weighted by atomic mass is 32.1. The van der Waals surface area contributed by atoms with Crippen LogP contribution in [0.5, 0.6) is 0 Å². The topological polar surface area (TPSA) is 68.2 Å². The lowest BCUT2D eigenvalue weighted by molar-refractivity contribution is 0.884. The highest BCUT2D eigenvalue weighted by Crippen LogP contribution is 2.23. The summed E-state index contributed by atoms with van der Waals surface area (Å²) in [6.45, 7) is 2.14. The van der Waals surface area contributed by atoms with Crippen LogP contribution in [-0.2, 0) is 6.42 Å². The van der Waals surface area contributed by atoms with Gasteiger partial charge in [-0.3, -0.25) is 5.43 Å². The molecule has 0 radical (unpaired) electrons. The van der Waals surface area contributed by atoms with Gasteiger partial charge in [0.15, 0.2) is 5.11 Å². The molecule has 0 spiro atoms. The third kappa shape index (κ3) is 4.10. The predicted molar refractivity (Wildman–Crippen MR) is 106 cm³/mol. The van der Waals surface area contributed by atoms with Crippen molar-refractivity contribution < 1.29 is 0 Å². The van der Waals surface area contributed by atoms with Gasteiger partial charge in [-0.1, -0.05) is 49.4 Å². The molecular weight excluding hydrogens is 330 g/mol. The first-order chi connectivity index (χ1) is 12.2. The lowest BCUT2D eigenvalue weighted by Crippen LogP contribution is -2.24. The van der Waals surface area contributed by atoms with Crippen molar-refractivity contribution in [1.82, 2.24) is 15.2 Å². The Labute approximate surface area is 152 Å². The van der Waals surface area contributed by atoms with Crippen LogP contribution < -0.4 is 11.2 Å². The summed E-state index contributed by atoms with van der Waals surface area (Å²) in [5, 5.41) is 8.94. The second-order valence-electron chi connectivity index (χ2n) is 5.50. The fourth-order valence-corrected chi connectivity index (χ4v) is 2.54. The van der Waals surface area contributed by atoms with Crippen LogP contribution in [0.3, 0.4) is 0 Å². The third-order valence-corrected chi connectivity index (χ3v) is 3.87. The van der Waals surface area contributed by atoms with Crippen LogP contribution >= 0.6 is 12.2 Å². The van der Waals surface area contributed by atoms with E-state index in [2.05, 4.69) is 41.7 Å². The van der Waals surface area contributed by atoms with Gasteiger partial charge in [-0.15, -0.1) is 0 Å². The van der Waals surface area contributed by atoms with Crippen molar-refractivity contribution in [3.8, 4) is 16.9 Å². The molecule has 0 fully saturated rings. The van der Waals surface area contributed by atoms with Gasteiger partial charge in [0.25, 0.3) is 0 Å². The number of aryl methyl sites for hydroxylation is 1. The quantitative estimate of drug-likeness (QED) is 0.421. The van der Waals surface area contributed by atoms with Crippen LogP contribution in [0.4, 0.5) is 0 Å². The van der Waals surface area contributed by atoms with Gasteiger partial charge in [-0.25, -0.2) is 4.68 Å². The molecule has 6 heteroatoms. The van der Waals surface area contributed by atoms with E-state index in [1.165, 1.54) is 5.56 Å². The largest absolute Gasteiger partial charge is 0.375 e. The number of nitrogens with two attached hydrogens (primary N) is 1. The van der Waals surface area contributed by atoms with Gasteiger partial charge in [0, 0.05) is 17.3 Å². The van der Waals surface area contributed by atoms with Crippen LogP contribution in [-0.4, -0.2) is 21.1 Å². The monoisotopic (exact) mass is 349 g/mol. The third-order valence-electron chi connectivity index (χ3n) is 3.78. The number of nitrogens with one attached hydrogen (secondary N) is 1. The molecule has 126 valence electrons. The normalized spacial score (nSPS) is 10.9. The van der Waals surface area contributed by atoms with E-state index in [1.54, 1.807) is 6.21 Å². The Morgan fingerprint density at radius 2 is 1.92 bits per heavy atom. The molecular formula is C19H19N5S. The van der Waals surface area contributed by atoms with Crippen molar-refractivity contribution in [3.05, 3.63) is 71.9 Å². The first kappa shape index (κ1) is 16.9. The predicted octanol–water partition coefficient (Wildman–Crippen LogP) is 3.27. The van der Waals surface area contributed by atoms with E-state index in [4.69, 9.17) is 23.1 Å². The number of hydrogen-bond donors (Lipinski definition) is 2. The Balaban J connectivity index is 2.02. The van der Waals surface area contributed by atoms with Gasteiger partial charge >= 0.3 is 0 Å². The summed E-state index contributed by atoms with van der Waals surface area (Å²) >= 11 is 4.78. The van der Waals surface area contributed by atoms with Gasteiger partial charge in [-0.2, -0.15) is 10.2 Å². The van der Waals surface area contributed by atoms with E-state index in [9.17, 15) is 0 Å². The molecule has 3 aromatic rings. The standard InChI is InChI=1S/C19H19N5S/c1-2-14-8-10-15(11-9-14)18-16(12-21-22-19(20)25)13-24(23-18)17-6-4-3-5-7-17/h3-13H,2H2,1H3,(H3,20,22,25)/b21-12+. The second kappa shape index (κ2) is 7.72. The molecule has 3 rings (SSSR count). The van der Waals surface area contributed by atoms with E-state index < -0.39 is 0 Å². The van der Waals surface area contributed by atoms with Gasteiger partial charge in [0.2, 0.25) is 0 Å². The fourth-order valence-electron chi connectivity index (χ4n) is 2.48. The molecule has 0 atom stereocenters. The Morgan fingerprint density at radius 1 is 1.20 bits per heavy atom. The number of rotatable bonds is 5. The molecule has 0 saturated heterocycles. The fraction of sp³-hybridized carbons (Fsp3) is 0.105. The summed E-state index contributed by atoms with van der Waals surface area (Å²) in [6.07, 6.45) is 4.61. The second-order valence-corrected chi connectivity index (χ2v) is 5.94. The number of nitrogens with zero attached hydrogens (tertiary/aromatic N) is 3. The number of hydrazone groups is 1. The molecule has 2 aromatic carbocycles. The summed E-state index contributed by atoms with van der Waals surface area (Å²) < 4.78 is 1.84. The molecule has 0 saturated carbocycles. The van der Waals surface area contributed by atoms with Gasteiger partial charge in [0.1, 0.15) is 5.69 Å². The van der Waals surface area contributed by atoms with E-state index >= 15 is 0 Å². The van der Waals surface area contributed by atoms with E-state index in [0.717, 1.165) is 28.9 Å². The van der Waals surface area contributed by atoms with Crippen molar-refractivity contribution >= 4 is 23.5 Å². The number of thiocarbonyl (C=S) groups is 1. The zero-order valence-electron chi connectivity index (χ0n) is 13.9. The lowest BCUT2D eigenvalue weighted by atomic mass is 10.1. The van der Waals surface area contributed by atoms with Crippen molar-refractivity contribution in [2.75, 3.05) is 0 Å². The maximum atomic E-state index is 5.42. The minimum atomic E-state index is 0.126. The Kier molecular flexibility index (Phi) is 5.20. The Morgan fingerprint density at radius 3 is 2.56 bits per heavy atom. The summed E-state index contributed by atoms with van der Waals surface area (Å²) in [6, 6.07) is 18.3. The van der Waals surface area contributed by atoms with Gasteiger partial charge < -0.3 is 5.73 Å². The average molecular weight is 349 g/mol. The minimum absolute atomic E-state index is 0.126. The van der Waals surface area contributed by atoms with Gasteiger partial charge in [0.05, 0.1) is 11.9 Å². The van der Waals surface area contributed by atoms with E-state index in [1.807, 2.05) is 41.2 Å². The van der Waals surface area contributed by atoms with Crippen LogP contribution in [0, 0.1) is 0 Å². The Bertz CT molecular complexity index is 882. The SMILES string of the molecule is CCc1ccc(-c2nn(-c3ccccc3)cc2/C=N/NC(N)=S)cc1. The number of benzene rings is 2. The highest BCUT2D eigenvalue weighted by molar-refractivity contribution is 7.80. The number of para-hydroxylation sites is 1. The molecule has 0 aliphatic heterocycles. The molecule has 25 heavy (non-hydrogen) atoms. The maximum absolute atomic E-state index is 5.42. The molecule has 0 aliphatic carbocycles. The van der Waals surface area contributed by atoms with Crippen LogP contribution in [0.25, 0.3) is 16.9 Å². The van der Waals surface area contributed by atoms with Crippen LogP contribution in [0.15, 0.2) is 65.9 Å². The maximum Gasteiger partial charge on any atom is 0.184 e. The van der Waals surface area contributed by atoms with Crippen LogP contribution in [0.2, 0.25) is 0 Å². The van der Waals surface area contributed by atoms with Gasteiger partial charge in [-0.05, 0) is 36.3 Å². The van der Waals surface area contributed by atoms with Crippen molar-refractivity contribution in [1.29, 1.82) is 0 Å². The summed E-state index contributed by atoms with van der Waals surface area (Å²) in [5.41, 5.74) is 13.0. The zero-order chi connectivity index (χ0) is 17.6. The smallest absolute Gasteiger partial charge is 0.184 e. The van der Waals surface area contributed by atoms with Crippen molar-refractivity contribution in [2.24, 2.45) is 10.8 Å². The van der Waals surface area contributed by atoms with E-state index in [-0.39, 0.29) is 5.11 Å². The molecule has 1 heterocycles. The molecule has 0 amide bonds. The molecule has 0 unspecified atom stereocenters. The minimum Gasteiger partial charge on any atom is -0.375 e. The lowest BCUT2D eigenvalue weighted by Gasteiger charge is -2.02. The van der Waals surface area contributed by atoms with E-state index in [0.29, 0.717) is 0 Å².